The van der Waals surface area contributed by atoms with E-state index in [1.807, 2.05) is 0 Å². The Balaban J connectivity index is 1.82. The molecule has 0 N–H and O–H groups in total. The lowest BCUT2D eigenvalue weighted by Gasteiger charge is -2.30. The van der Waals surface area contributed by atoms with Crippen molar-refractivity contribution in [3.8, 4) is 0 Å². The summed E-state index contributed by atoms with van der Waals surface area (Å²) in [5.74, 6) is 4.43. The van der Waals surface area contributed by atoms with Crippen LogP contribution in [0.4, 0.5) is 0 Å². The number of rotatable bonds is 0. The van der Waals surface area contributed by atoms with Crippen LogP contribution in [0.2, 0.25) is 0 Å². The molecule has 0 radical (unpaired) electrons. The molecule has 2 bridgehead atoms. The average molecular weight is 165 g/mol. The number of likely N-dealkylation sites (tertiary alicyclic amines) is 1. The Morgan fingerprint density at radius 2 is 1.83 bits per heavy atom. The van der Waals surface area contributed by atoms with Gasteiger partial charge in [-0.1, -0.05) is 6.42 Å². The maximum atomic E-state index is 2.55. The van der Waals surface area contributed by atoms with Gasteiger partial charge in [0.25, 0.3) is 0 Å². The third-order valence-corrected chi connectivity index (χ3v) is 4.50. The molecule has 0 aromatic rings. The molecule has 2 saturated carbocycles. The van der Waals surface area contributed by atoms with Gasteiger partial charge in [0.2, 0.25) is 0 Å². The van der Waals surface area contributed by atoms with Crippen molar-refractivity contribution in [3.63, 3.8) is 0 Å². The molecule has 4 unspecified atom stereocenters. The summed E-state index contributed by atoms with van der Waals surface area (Å²) in [6, 6.07) is 0. The molecule has 2 aliphatic carbocycles. The first-order chi connectivity index (χ1) is 5.83. The summed E-state index contributed by atoms with van der Waals surface area (Å²) in [7, 11) is 2.30. The van der Waals surface area contributed by atoms with Gasteiger partial charge < -0.3 is 4.90 Å². The first-order valence-electron chi connectivity index (χ1n) is 5.51. The monoisotopic (exact) mass is 165 g/mol. The van der Waals surface area contributed by atoms with Gasteiger partial charge in [-0.05, 0) is 50.0 Å². The van der Waals surface area contributed by atoms with Crippen molar-refractivity contribution in [1.29, 1.82) is 0 Å². The minimum atomic E-state index is 1.08. The van der Waals surface area contributed by atoms with Crippen LogP contribution in [0.15, 0.2) is 0 Å². The molecule has 68 valence electrons. The Labute approximate surface area is 75.1 Å². The highest BCUT2D eigenvalue weighted by molar-refractivity contribution is 4.96. The van der Waals surface area contributed by atoms with Crippen LogP contribution >= 0.6 is 0 Å². The predicted octanol–water partition coefficient (Wildman–Crippen LogP) is 1.98. The molecule has 1 nitrogen and oxygen atoms in total. The van der Waals surface area contributed by atoms with E-state index in [9.17, 15) is 0 Å². The second-order valence-corrected chi connectivity index (χ2v) is 5.32. The van der Waals surface area contributed by atoms with Crippen LogP contribution in [0.25, 0.3) is 0 Å². The van der Waals surface area contributed by atoms with E-state index >= 15 is 0 Å². The third-order valence-electron chi connectivity index (χ3n) is 4.50. The van der Waals surface area contributed by atoms with Gasteiger partial charge in [-0.2, -0.15) is 0 Å². The number of nitrogens with zero attached hydrogens (tertiary/aromatic N) is 1. The Kier molecular flexibility index (Phi) is 1.52. The van der Waals surface area contributed by atoms with Gasteiger partial charge in [-0.15, -0.1) is 0 Å². The van der Waals surface area contributed by atoms with Crippen molar-refractivity contribution in [3.05, 3.63) is 0 Å². The lowest BCUT2D eigenvalue weighted by atomic mass is 9.74. The van der Waals surface area contributed by atoms with Crippen molar-refractivity contribution in [2.24, 2.45) is 23.7 Å². The van der Waals surface area contributed by atoms with Crippen molar-refractivity contribution in [2.75, 3.05) is 20.1 Å². The van der Waals surface area contributed by atoms with Gasteiger partial charge in [0.15, 0.2) is 0 Å². The molecular weight excluding hydrogens is 146 g/mol. The first kappa shape index (κ1) is 7.37. The molecular formula is C11H19N. The van der Waals surface area contributed by atoms with Gasteiger partial charge >= 0.3 is 0 Å². The normalized spacial score (nSPS) is 52.8. The SMILES string of the molecule is CN1CC2CC3CCC(C3)C2C1. The zero-order valence-electron chi connectivity index (χ0n) is 8.00. The topological polar surface area (TPSA) is 3.24 Å². The van der Waals surface area contributed by atoms with Crippen molar-refractivity contribution < 1.29 is 0 Å². The molecule has 0 aromatic heterocycles. The Hall–Kier alpha value is -0.0400. The highest BCUT2D eigenvalue weighted by atomic mass is 15.1. The fourth-order valence-electron chi connectivity index (χ4n) is 4.05. The van der Waals surface area contributed by atoms with Gasteiger partial charge in [-0.3, -0.25) is 0 Å². The molecule has 3 rings (SSSR count). The molecule has 0 amide bonds. The maximum Gasteiger partial charge on any atom is 0.00125 e. The van der Waals surface area contributed by atoms with Crippen molar-refractivity contribution in [2.45, 2.75) is 25.7 Å². The van der Waals surface area contributed by atoms with Gasteiger partial charge in [0, 0.05) is 13.1 Å². The van der Waals surface area contributed by atoms with Crippen LogP contribution in [0.3, 0.4) is 0 Å². The quantitative estimate of drug-likeness (QED) is 0.530. The van der Waals surface area contributed by atoms with Crippen molar-refractivity contribution >= 4 is 0 Å². The highest BCUT2D eigenvalue weighted by Crippen LogP contribution is 2.50. The fraction of sp³-hybridized carbons (Fsp3) is 1.00. The van der Waals surface area contributed by atoms with Crippen LogP contribution in [0, 0.1) is 23.7 Å². The minimum Gasteiger partial charge on any atom is -0.306 e. The Morgan fingerprint density at radius 1 is 1.00 bits per heavy atom. The van der Waals surface area contributed by atoms with Gasteiger partial charge in [-0.25, -0.2) is 0 Å². The molecule has 12 heavy (non-hydrogen) atoms. The number of hydrogen-bond donors (Lipinski definition) is 0. The number of hydrogen-bond acceptors (Lipinski definition) is 1. The van der Waals surface area contributed by atoms with Crippen LogP contribution in [-0.2, 0) is 0 Å². The Morgan fingerprint density at radius 3 is 2.75 bits per heavy atom. The minimum absolute atomic E-state index is 1.08. The smallest absolute Gasteiger partial charge is 0.00125 e. The van der Waals surface area contributed by atoms with E-state index in [1.54, 1.807) is 25.7 Å². The molecule has 1 heterocycles. The molecule has 3 aliphatic rings. The van der Waals surface area contributed by atoms with E-state index in [2.05, 4.69) is 11.9 Å². The van der Waals surface area contributed by atoms with Crippen LogP contribution < -0.4 is 0 Å². The van der Waals surface area contributed by atoms with Crippen LogP contribution in [0.1, 0.15) is 25.7 Å². The fourth-order valence-corrected chi connectivity index (χ4v) is 4.05. The summed E-state index contributed by atoms with van der Waals surface area (Å²) in [5, 5.41) is 0. The highest BCUT2D eigenvalue weighted by Gasteiger charge is 2.45. The summed E-state index contributed by atoms with van der Waals surface area (Å²) in [4.78, 5) is 2.55. The van der Waals surface area contributed by atoms with E-state index in [0.29, 0.717) is 0 Å². The second kappa shape index (κ2) is 2.47. The van der Waals surface area contributed by atoms with Crippen molar-refractivity contribution in [1.82, 2.24) is 4.90 Å². The first-order valence-corrected chi connectivity index (χ1v) is 5.51. The van der Waals surface area contributed by atoms with E-state index in [4.69, 9.17) is 0 Å². The summed E-state index contributed by atoms with van der Waals surface area (Å²) >= 11 is 0. The maximum absolute atomic E-state index is 2.55. The number of fused-ring (bicyclic) bond motifs is 4. The zero-order valence-corrected chi connectivity index (χ0v) is 8.00. The zero-order chi connectivity index (χ0) is 8.13. The standard InChI is InChI=1S/C11H19N/c1-12-6-10-5-8-2-3-9(4-8)11(10)7-12/h8-11H,2-7H2,1H3. The molecule has 0 spiro atoms. The summed E-state index contributed by atoms with van der Waals surface area (Å²) in [6.07, 6.45) is 6.25. The molecule has 1 heteroatoms. The Bertz CT molecular complexity index is 189. The summed E-state index contributed by atoms with van der Waals surface area (Å²) in [5.41, 5.74) is 0. The van der Waals surface area contributed by atoms with Gasteiger partial charge in [0.1, 0.15) is 0 Å². The lowest BCUT2D eigenvalue weighted by molar-refractivity contribution is 0.203. The van der Waals surface area contributed by atoms with Crippen LogP contribution in [0.5, 0.6) is 0 Å². The van der Waals surface area contributed by atoms with E-state index in [1.165, 1.54) is 13.1 Å². The average Bonchev–Trinajstić information content (AvgIpc) is 2.57. The molecule has 0 aromatic carbocycles. The molecule has 4 atom stereocenters. The summed E-state index contributed by atoms with van der Waals surface area (Å²) in [6.45, 7) is 2.81. The molecule has 3 fully saturated rings. The largest absolute Gasteiger partial charge is 0.306 e. The molecule has 1 aliphatic heterocycles. The summed E-state index contributed by atoms with van der Waals surface area (Å²) < 4.78 is 0. The molecule has 1 saturated heterocycles. The van der Waals surface area contributed by atoms with E-state index in [0.717, 1.165) is 23.7 Å². The predicted molar refractivity (Wildman–Crippen MR) is 49.9 cm³/mol. The van der Waals surface area contributed by atoms with Gasteiger partial charge in [0.05, 0.1) is 0 Å². The van der Waals surface area contributed by atoms with E-state index in [-0.39, 0.29) is 0 Å². The third kappa shape index (κ3) is 0.953. The van der Waals surface area contributed by atoms with Crippen LogP contribution in [-0.4, -0.2) is 25.0 Å². The lowest BCUT2D eigenvalue weighted by Crippen LogP contribution is -2.26. The second-order valence-electron chi connectivity index (χ2n) is 5.32. The van der Waals surface area contributed by atoms with E-state index < -0.39 is 0 Å².